The van der Waals surface area contributed by atoms with Gasteiger partial charge >= 0.3 is 0 Å². The number of sulfonamides is 2. The zero-order valence-electron chi connectivity index (χ0n) is 17.9. The summed E-state index contributed by atoms with van der Waals surface area (Å²) in [6, 6.07) is 4.99. The summed E-state index contributed by atoms with van der Waals surface area (Å²) in [5.41, 5.74) is 1.80. The molecule has 0 spiro atoms. The molecule has 0 bridgehead atoms. The van der Waals surface area contributed by atoms with Crippen molar-refractivity contribution in [3.63, 3.8) is 0 Å². The average Bonchev–Trinajstić information content (AvgIpc) is 2.86. The van der Waals surface area contributed by atoms with Crippen molar-refractivity contribution in [3.8, 4) is 5.75 Å². The highest BCUT2D eigenvalue weighted by Crippen LogP contribution is 2.29. The van der Waals surface area contributed by atoms with Crippen molar-refractivity contribution in [2.75, 3.05) is 33.3 Å². The molecular formula is C19H28N4O5S2. The van der Waals surface area contributed by atoms with Gasteiger partial charge in [-0.1, -0.05) is 6.07 Å². The van der Waals surface area contributed by atoms with Gasteiger partial charge in [-0.25, -0.2) is 16.8 Å². The molecule has 0 amide bonds. The van der Waals surface area contributed by atoms with E-state index in [1.807, 2.05) is 6.92 Å². The van der Waals surface area contributed by atoms with Crippen molar-refractivity contribution < 1.29 is 21.6 Å². The van der Waals surface area contributed by atoms with Crippen molar-refractivity contribution in [2.45, 2.75) is 37.0 Å². The lowest BCUT2D eigenvalue weighted by atomic mass is 10.2. The Morgan fingerprint density at radius 1 is 0.933 bits per heavy atom. The molecule has 0 atom stereocenters. The zero-order valence-corrected chi connectivity index (χ0v) is 19.5. The quantitative estimate of drug-likeness (QED) is 0.675. The fraction of sp³-hybridized carbons (Fsp3) is 0.526. The maximum Gasteiger partial charge on any atom is 0.246 e. The Bertz CT molecular complexity index is 1160. The van der Waals surface area contributed by atoms with Gasteiger partial charge < -0.3 is 4.74 Å². The molecule has 2 heterocycles. The SMILES string of the molecule is COc1ccc(C)cc1S(=O)(=O)N1CCCN(S(=O)(=O)c2c(C)nn(C)c2C)CC1. The zero-order chi connectivity index (χ0) is 22.3. The van der Waals surface area contributed by atoms with E-state index < -0.39 is 20.0 Å². The van der Waals surface area contributed by atoms with Gasteiger partial charge in [0.2, 0.25) is 20.0 Å². The lowest BCUT2D eigenvalue weighted by Gasteiger charge is -2.22. The van der Waals surface area contributed by atoms with Crippen LogP contribution in [-0.4, -0.2) is 68.5 Å². The molecule has 2 aromatic rings. The van der Waals surface area contributed by atoms with Crippen LogP contribution in [0.4, 0.5) is 0 Å². The third-order valence-electron chi connectivity index (χ3n) is 5.39. The first-order chi connectivity index (χ1) is 14.0. The van der Waals surface area contributed by atoms with Crippen LogP contribution in [0.5, 0.6) is 5.75 Å². The van der Waals surface area contributed by atoms with E-state index in [4.69, 9.17) is 4.74 Å². The predicted molar refractivity (Wildman–Crippen MR) is 113 cm³/mol. The van der Waals surface area contributed by atoms with Crippen molar-refractivity contribution in [1.82, 2.24) is 18.4 Å². The van der Waals surface area contributed by atoms with Crippen LogP contribution >= 0.6 is 0 Å². The minimum atomic E-state index is -3.83. The van der Waals surface area contributed by atoms with E-state index in [0.717, 1.165) is 5.56 Å². The Labute approximate surface area is 178 Å². The number of hydrogen-bond acceptors (Lipinski definition) is 6. The number of benzene rings is 1. The molecule has 11 heteroatoms. The molecule has 166 valence electrons. The minimum Gasteiger partial charge on any atom is -0.495 e. The maximum absolute atomic E-state index is 13.3. The number of nitrogens with zero attached hydrogens (tertiary/aromatic N) is 4. The number of hydrogen-bond donors (Lipinski definition) is 0. The first-order valence-electron chi connectivity index (χ1n) is 9.65. The number of rotatable bonds is 5. The van der Waals surface area contributed by atoms with Crippen LogP contribution in [-0.2, 0) is 27.1 Å². The Hall–Kier alpha value is -1.95. The summed E-state index contributed by atoms with van der Waals surface area (Å²) in [5.74, 6) is 0.274. The molecule has 1 aromatic carbocycles. The summed E-state index contributed by atoms with van der Waals surface area (Å²) in [4.78, 5) is 0.293. The molecule has 1 aromatic heterocycles. The van der Waals surface area contributed by atoms with Crippen LogP contribution in [0.25, 0.3) is 0 Å². The minimum absolute atomic E-state index is 0.0665. The smallest absolute Gasteiger partial charge is 0.246 e. The summed E-state index contributed by atoms with van der Waals surface area (Å²) in [7, 11) is -4.47. The highest BCUT2D eigenvalue weighted by atomic mass is 32.2. The lowest BCUT2D eigenvalue weighted by Crippen LogP contribution is -2.37. The van der Waals surface area contributed by atoms with Crippen LogP contribution < -0.4 is 4.74 Å². The van der Waals surface area contributed by atoms with Crippen LogP contribution in [0.15, 0.2) is 28.0 Å². The van der Waals surface area contributed by atoms with Gasteiger partial charge in [-0.2, -0.15) is 13.7 Å². The van der Waals surface area contributed by atoms with Crippen LogP contribution in [0.1, 0.15) is 23.4 Å². The predicted octanol–water partition coefficient (Wildman–Crippen LogP) is 1.44. The van der Waals surface area contributed by atoms with Gasteiger partial charge in [-0.3, -0.25) is 4.68 Å². The third-order valence-corrected chi connectivity index (χ3v) is 9.46. The second-order valence-corrected chi connectivity index (χ2v) is 11.2. The van der Waals surface area contributed by atoms with E-state index in [1.54, 1.807) is 43.8 Å². The van der Waals surface area contributed by atoms with E-state index in [9.17, 15) is 16.8 Å². The normalized spacial score (nSPS) is 17.1. The molecule has 1 saturated heterocycles. The van der Waals surface area contributed by atoms with Gasteiger partial charge in [0.05, 0.1) is 18.5 Å². The number of aryl methyl sites for hydroxylation is 3. The molecule has 1 aliphatic heterocycles. The number of ether oxygens (including phenoxy) is 1. The van der Waals surface area contributed by atoms with E-state index in [0.29, 0.717) is 17.8 Å². The van der Waals surface area contributed by atoms with E-state index in [-0.39, 0.29) is 41.7 Å². The Morgan fingerprint density at radius 3 is 2.07 bits per heavy atom. The summed E-state index contributed by atoms with van der Waals surface area (Å²) in [6.45, 7) is 5.81. The Kier molecular flexibility index (Phi) is 6.28. The number of methoxy groups -OCH3 is 1. The monoisotopic (exact) mass is 456 g/mol. The highest BCUT2D eigenvalue weighted by molar-refractivity contribution is 7.89. The van der Waals surface area contributed by atoms with Crippen molar-refractivity contribution in [1.29, 1.82) is 0 Å². The van der Waals surface area contributed by atoms with Gasteiger partial charge in [-0.15, -0.1) is 0 Å². The second kappa shape index (κ2) is 8.29. The molecule has 1 aliphatic rings. The van der Waals surface area contributed by atoms with E-state index in [1.165, 1.54) is 15.7 Å². The van der Waals surface area contributed by atoms with Crippen molar-refractivity contribution in [2.24, 2.45) is 7.05 Å². The Morgan fingerprint density at radius 2 is 1.53 bits per heavy atom. The van der Waals surface area contributed by atoms with Gasteiger partial charge in [0.25, 0.3) is 0 Å². The third kappa shape index (κ3) is 3.98. The van der Waals surface area contributed by atoms with Gasteiger partial charge in [0.15, 0.2) is 0 Å². The molecule has 0 aliphatic carbocycles. The summed E-state index contributed by atoms with van der Waals surface area (Å²) < 4.78 is 62.5. The summed E-state index contributed by atoms with van der Waals surface area (Å²) in [5, 5.41) is 4.21. The van der Waals surface area contributed by atoms with Crippen LogP contribution in [0.3, 0.4) is 0 Å². The van der Waals surface area contributed by atoms with Crippen LogP contribution in [0, 0.1) is 20.8 Å². The van der Waals surface area contributed by atoms with Gasteiger partial charge in [-0.05, 0) is 44.9 Å². The molecule has 1 fully saturated rings. The molecule has 3 rings (SSSR count). The topological polar surface area (TPSA) is 102 Å². The van der Waals surface area contributed by atoms with E-state index >= 15 is 0 Å². The fourth-order valence-corrected chi connectivity index (χ4v) is 7.31. The molecule has 0 unspecified atom stereocenters. The van der Waals surface area contributed by atoms with Crippen molar-refractivity contribution in [3.05, 3.63) is 35.2 Å². The largest absolute Gasteiger partial charge is 0.495 e. The standard InChI is InChI=1S/C19H28N4O5S2/c1-14-7-8-17(28-5)18(13-14)29(24,25)22-9-6-10-23(12-11-22)30(26,27)19-15(2)20-21(4)16(19)3/h7-8,13H,6,9-12H2,1-5H3. The highest BCUT2D eigenvalue weighted by Gasteiger charge is 2.35. The maximum atomic E-state index is 13.3. The summed E-state index contributed by atoms with van der Waals surface area (Å²) >= 11 is 0. The van der Waals surface area contributed by atoms with Gasteiger partial charge in [0, 0.05) is 33.2 Å². The Balaban J connectivity index is 1.89. The first-order valence-corrected chi connectivity index (χ1v) is 12.5. The average molecular weight is 457 g/mol. The van der Waals surface area contributed by atoms with E-state index in [2.05, 4.69) is 5.10 Å². The fourth-order valence-electron chi connectivity index (χ4n) is 3.73. The first kappa shape index (κ1) is 22.7. The lowest BCUT2D eigenvalue weighted by molar-refractivity contribution is 0.388. The van der Waals surface area contributed by atoms with Crippen molar-refractivity contribution >= 4 is 20.0 Å². The molecule has 0 saturated carbocycles. The molecule has 0 N–H and O–H groups in total. The second-order valence-electron chi connectivity index (χ2n) is 7.44. The molecule has 0 radical (unpaired) electrons. The summed E-state index contributed by atoms with van der Waals surface area (Å²) in [6.07, 6.45) is 0.394. The molecule has 9 nitrogen and oxygen atoms in total. The number of aromatic nitrogens is 2. The molecule has 30 heavy (non-hydrogen) atoms. The van der Waals surface area contributed by atoms with Gasteiger partial charge in [0.1, 0.15) is 15.5 Å². The molecular weight excluding hydrogens is 428 g/mol. The van der Waals surface area contributed by atoms with Crippen LogP contribution in [0.2, 0.25) is 0 Å².